The molecule has 4 heteroatoms. The molecule has 1 fully saturated rings. The van der Waals surface area contributed by atoms with E-state index in [1.54, 1.807) is 0 Å². The predicted molar refractivity (Wildman–Crippen MR) is 66.3 cm³/mol. The van der Waals surface area contributed by atoms with E-state index in [0.29, 0.717) is 12.3 Å². The highest BCUT2D eigenvalue weighted by atomic mass is 32.1. The number of carbonyl (C=O) groups is 2. The van der Waals surface area contributed by atoms with Crippen LogP contribution in [0.2, 0.25) is 0 Å². The van der Waals surface area contributed by atoms with Crippen LogP contribution in [0.5, 0.6) is 0 Å². The average molecular weight is 252 g/mol. The first kappa shape index (κ1) is 12.3. The van der Waals surface area contributed by atoms with E-state index in [1.165, 1.54) is 37.7 Å². The Labute approximate surface area is 105 Å². The minimum atomic E-state index is -0.259. The van der Waals surface area contributed by atoms with Gasteiger partial charge in [-0.05, 0) is 18.1 Å². The fourth-order valence-corrected chi connectivity index (χ4v) is 2.84. The van der Waals surface area contributed by atoms with Crippen LogP contribution in [0.15, 0.2) is 12.1 Å². The Morgan fingerprint density at radius 3 is 2.76 bits per heavy atom. The van der Waals surface area contributed by atoms with Gasteiger partial charge in [0.1, 0.15) is 0 Å². The number of Topliss-reactive ketones (excluding diaryl/α,β-unsaturated/α-hetero) is 1. The van der Waals surface area contributed by atoms with Crippen molar-refractivity contribution in [1.82, 2.24) is 0 Å². The van der Waals surface area contributed by atoms with Crippen molar-refractivity contribution in [1.29, 1.82) is 0 Å². The van der Waals surface area contributed by atoms with Crippen molar-refractivity contribution < 1.29 is 14.3 Å². The summed E-state index contributed by atoms with van der Waals surface area (Å²) >= 11 is 1.41. The van der Waals surface area contributed by atoms with Gasteiger partial charge in [-0.25, -0.2) is 0 Å². The van der Waals surface area contributed by atoms with Crippen LogP contribution in [0.4, 0.5) is 0 Å². The highest BCUT2D eigenvalue weighted by Gasteiger charge is 2.22. The maximum Gasteiger partial charge on any atom is 0.310 e. The van der Waals surface area contributed by atoms with Gasteiger partial charge in [-0.3, -0.25) is 9.59 Å². The lowest BCUT2D eigenvalue weighted by molar-refractivity contribution is -0.139. The monoisotopic (exact) mass is 252 g/mol. The van der Waals surface area contributed by atoms with Crippen LogP contribution in [0, 0.1) is 5.92 Å². The lowest BCUT2D eigenvalue weighted by atomic mass is 9.82. The molecule has 0 amide bonds. The Kier molecular flexibility index (Phi) is 3.94. The highest BCUT2D eigenvalue weighted by molar-refractivity contribution is 7.14. The quantitative estimate of drug-likeness (QED) is 0.598. The van der Waals surface area contributed by atoms with Crippen molar-refractivity contribution in [2.24, 2.45) is 5.92 Å². The summed E-state index contributed by atoms with van der Waals surface area (Å²) in [5.41, 5.74) is 0. The average Bonchev–Trinajstić information content (AvgIpc) is 2.71. The van der Waals surface area contributed by atoms with Crippen LogP contribution in [0.1, 0.15) is 40.2 Å². The van der Waals surface area contributed by atoms with Gasteiger partial charge in [0.05, 0.1) is 18.4 Å². The molecule has 0 N–H and O–H groups in total. The Bertz CT molecular complexity index is 418. The van der Waals surface area contributed by atoms with Crippen LogP contribution in [-0.4, -0.2) is 18.9 Å². The van der Waals surface area contributed by atoms with Crippen LogP contribution in [-0.2, 0) is 16.0 Å². The minimum Gasteiger partial charge on any atom is -0.469 e. The lowest BCUT2D eigenvalue weighted by Gasteiger charge is -2.23. The first-order valence-electron chi connectivity index (χ1n) is 5.87. The van der Waals surface area contributed by atoms with E-state index in [4.69, 9.17) is 0 Å². The number of esters is 1. The number of hydrogen-bond acceptors (Lipinski definition) is 4. The third kappa shape index (κ3) is 3.16. The summed E-state index contributed by atoms with van der Waals surface area (Å²) in [4.78, 5) is 24.7. The maximum atomic E-state index is 11.9. The third-order valence-electron chi connectivity index (χ3n) is 3.18. The second-order valence-corrected chi connectivity index (χ2v) is 5.61. The second-order valence-electron chi connectivity index (χ2n) is 4.44. The largest absolute Gasteiger partial charge is 0.469 e. The minimum absolute atomic E-state index is 0.218. The molecule has 1 aromatic rings. The molecule has 17 heavy (non-hydrogen) atoms. The van der Waals surface area contributed by atoms with Gasteiger partial charge in [0.25, 0.3) is 0 Å². The number of rotatable bonds is 5. The normalized spacial score (nSPS) is 15.4. The molecule has 1 heterocycles. The van der Waals surface area contributed by atoms with Gasteiger partial charge in [0, 0.05) is 11.3 Å². The first-order chi connectivity index (χ1) is 8.19. The molecular formula is C13H16O3S. The zero-order valence-corrected chi connectivity index (χ0v) is 10.7. The van der Waals surface area contributed by atoms with Crippen molar-refractivity contribution in [2.75, 3.05) is 7.11 Å². The summed E-state index contributed by atoms with van der Waals surface area (Å²) in [7, 11) is 1.37. The number of carbonyl (C=O) groups excluding carboxylic acids is 2. The fourth-order valence-electron chi connectivity index (χ4n) is 1.90. The molecule has 0 atom stereocenters. The smallest absolute Gasteiger partial charge is 0.310 e. The molecule has 1 saturated carbocycles. The zero-order chi connectivity index (χ0) is 12.3. The van der Waals surface area contributed by atoms with E-state index < -0.39 is 0 Å². The summed E-state index contributed by atoms with van der Waals surface area (Å²) in [6, 6.07) is 3.67. The van der Waals surface area contributed by atoms with Gasteiger partial charge in [0.2, 0.25) is 0 Å². The summed E-state index contributed by atoms with van der Waals surface area (Å²) < 4.78 is 4.60. The molecule has 0 aromatic carbocycles. The van der Waals surface area contributed by atoms with Crippen LogP contribution >= 0.6 is 11.3 Å². The molecule has 0 radical (unpaired) electrons. The van der Waals surface area contributed by atoms with Gasteiger partial charge >= 0.3 is 5.97 Å². The zero-order valence-electron chi connectivity index (χ0n) is 9.90. The summed E-state index contributed by atoms with van der Waals surface area (Å²) in [6.07, 6.45) is 4.56. The molecule has 2 rings (SSSR count). The molecule has 1 aliphatic carbocycles. The molecule has 0 saturated heterocycles. The standard InChI is InChI=1S/C13H16O3S/c1-16-13(15)8-10-5-6-12(17-10)11(14)7-9-3-2-4-9/h5-6,9H,2-4,7-8H2,1H3. The molecule has 0 bridgehead atoms. The number of methoxy groups -OCH3 is 1. The highest BCUT2D eigenvalue weighted by Crippen LogP contribution is 2.31. The van der Waals surface area contributed by atoms with E-state index >= 15 is 0 Å². The van der Waals surface area contributed by atoms with Crippen molar-refractivity contribution in [2.45, 2.75) is 32.1 Å². The van der Waals surface area contributed by atoms with Crippen LogP contribution in [0.25, 0.3) is 0 Å². The lowest BCUT2D eigenvalue weighted by Crippen LogP contribution is -2.15. The van der Waals surface area contributed by atoms with Gasteiger partial charge in [-0.2, -0.15) is 0 Å². The summed E-state index contributed by atoms with van der Waals surface area (Å²) in [6.45, 7) is 0. The molecule has 0 aliphatic heterocycles. The molecule has 0 unspecified atom stereocenters. The van der Waals surface area contributed by atoms with Crippen molar-refractivity contribution in [3.05, 3.63) is 21.9 Å². The van der Waals surface area contributed by atoms with Gasteiger partial charge in [0.15, 0.2) is 5.78 Å². The van der Waals surface area contributed by atoms with Gasteiger partial charge in [-0.15, -0.1) is 11.3 Å². The molecule has 3 nitrogen and oxygen atoms in total. The van der Waals surface area contributed by atoms with Crippen molar-refractivity contribution in [3.63, 3.8) is 0 Å². The first-order valence-corrected chi connectivity index (χ1v) is 6.69. The number of ether oxygens (including phenoxy) is 1. The van der Waals surface area contributed by atoms with Gasteiger partial charge < -0.3 is 4.74 Å². The second kappa shape index (κ2) is 5.45. The van der Waals surface area contributed by atoms with Crippen molar-refractivity contribution in [3.8, 4) is 0 Å². The Balaban J connectivity index is 1.92. The van der Waals surface area contributed by atoms with E-state index in [1.807, 2.05) is 12.1 Å². The van der Waals surface area contributed by atoms with Crippen LogP contribution < -0.4 is 0 Å². The van der Waals surface area contributed by atoms with Gasteiger partial charge in [-0.1, -0.05) is 19.3 Å². The Hall–Kier alpha value is -1.16. The summed E-state index contributed by atoms with van der Waals surface area (Å²) in [5.74, 6) is 0.550. The number of ketones is 1. The predicted octanol–water partition coefficient (Wildman–Crippen LogP) is 2.84. The number of thiophene rings is 1. The number of hydrogen-bond donors (Lipinski definition) is 0. The van der Waals surface area contributed by atoms with E-state index in [-0.39, 0.29) is 18.2 Å². The molecule has 1 aromatic heterocycles. The van der Waals surface area contributed by atoms with Crippen molar-refractivity contribution >= 4 is 23.1 Å². The molecule has 92 valence electrons. The SMILES string of the molecule is COC(=O)Cc1ccc(C(=O)CC2CCC2)s1. The van der Waals surface area contributed by atoms with E-state index in [9.17, 15) is 9.59 Å². The fraction of sp³-hybridized carbons (Fsp3) is 0.538. The summed E-state index contributed by atoms with van der Waals surface area (Å²) in [5, 5.41) is 0. The Morgan fingerprint density at radius 1 is 1.41 bits per heavy atom. The molecular weight excluding hydrogens is 236 g/mol. The molecule has 1 aliphatic rings. The maximum absolute atomic E-state index is 11.9. The third-order valence-corrected chi connectivity index (χ3v) is 4.31. The Morgan fingerprint density at radius 2 is 2.18 bits per heavy atom. The topological polar surface area (TPSA) is 43.4 Å². The van der Waals surface area contributed by atoms with Crippen LogP contribution in [0.3, 0.4) is 0 Å². The van der Waals surface area contributed by atoms with E-state index in [0.717, 1.165) is 9.75 Å². The molecule has 0 spiro atoms. The van der Waals surface area contributed by atoms with E-state index in [2.05, 4.69) is 4.74 Å².